The second-order valence-electron chi connectivity index (χ2n) is 6.68. The minimum absolute atomic E-state index is 0.169. The molecule has 0 unspecified atom stereocenters. The molecule has 31 heavy (non-hydrogen) atoms. The van der Waals surface area contributed by atoms with E-state index in [-0.39, 0.29) is 13.2 Å². The largest absolute Gasteiger partial charge is 0.449 e. The zero-order valence-corrected chi connectivity index (χ0v) is 18.7. The van der Waals surface area contributed by atoms with Crippen LogP contribution in [0.3, 0.4) is 0 Å². The zero-order chi connectivity index (χ0) is 22.1. The van der Waals surface area contributed by atoms with Crippen LogP contribution in [0.4, 0.5) is 9.59 Å². The van der Waals surface area contributed by atoms with Crippen LogP contribution in [0.1, 0.15) is 13.8 Å². The molecule has 160 valence electrons. The number of nitrogens with zero attached hydrogens (tertiary/aromatic N) is 1. The van der Waals surface area contributed by atoms with Gasteiger partial charge in [0, 0.05) is 0 Å². The molecule has 6 nitrogen and oxygen atoms in total. The van der Waals surface area contributed by atoms with Crippen LogP contribution in [0.5, 0.6) is 0 Å². The van der Waals surface area contributed by atoms with Gasteiger partial charge in [0.2, 0.25) is 0 Å². The Morgan fingerprint density at radius 2 is 1.10 bits per heavy atom. The van der Waals surface area contributed by atoms with E-state index in [9.17, 15) is 9.59 Å². The number of amides is 2. The van der Waals surface area contributed by atoms with Crippen molar-refractivity contribution in [3.63, 3.8) is 0 Å². The molecule has 0 aliphatic rings. The number of nitrogens with one attached hydrogen (secondary N) is 1. The molecule has 0 fully saturated rings. The Labute approximate surface area is 183 Å². The minimum Gasteiger partial charge on any atom is -0.449 e. The van der Waals surface area contributed by atoms with E-state index in [4.69, 9.17) is 9.47 Å². The number of rotatable bonds is 6. The van der Waals surface area contributed by atoms with Crippen LogP contribution in [0.15, 0.2) is 91.0 Å². The first kappa shape index (κ1) is 22.1. The molecule has 7 heteroatoms. The topological polar surface area (TPSA) is 67.9 Å². The first-order valence-corrected chi connectivity index (χ1v) is 12.2. The van der Waals surface area contributed by atoms with Crippen LogP contribution >= 0.6 is 0 Å². The fourth-order valence-electron chi connectivity index (χ4n) is 3.63. The summed E-state index contributed by atoms with van der Waals surface area (Å²) in [5.41, 5.74) is 2.70. The third kappa shape index (κ3) is 4.62. The molecule has 0 heterocycles. The Morgan fingerprint density at radius 1 is 0.710 bits per heavy atom. The third-order valence-electron chi connectivity index (χ3n) is 4.84. The monoisotopic (exact) mass is 434 g/mol. The second kappa shape index (κ2) is 10.4. The maximum atomic E-state index is 13.3. The predicted molar refractivity (Wildman–Crippen MR) is 123 cm³/mol. The molecule has 0 saturated heterocycles. The highest BCUT2D eigenvalue weighted by atomic mass is 28.3. The Morgan fingerprint density at radius 3 is 1.45 bits per heavy atom. The standard InChI is InChI=1S/C24H26N2O4Si/c1-3-29-23(27)25-26(24(28)30-4-2)31(20-14-8-5-9-15-20,21-16-10-6-11-17-21)22-18-12-7-13-19-22/h5-19H,3-4H2,1-2H3,(H,25,27). The molecule has 0 aliphatic heterocycles. The lowest BCUT2D eigenvalue weighted by Crippen LogP contribution is -2.81. The molecule has 0 radical (unpaired) electrons. The summed E-state index contributed by atoms with van der Waals surface area (Å²) in [5.74, 6) is 0. The lowest BCUT2D eigenvalue weighted by Gasteiger charge is -2.41. The van der Waals surface area contributed by atoms with E-state index in [1.807, 2.05) is 91.0 Å². The normalized spacial score (nSPS) is 10.8. The van der Waals surface area contributed by atoms with Gasteiger partial charge in [0.1, 0.15) is 0 Å². The predicted octanol–water partition coefficient (Wildman–Crippen LogP) is 2.77. The molecular formula is C24H26N2O4Si. The smallest absolute Gasteiger partial charge is 0.425 e. The first-order valence-electron chi connectivity index (χ1n) is 10.2. The van der Waals surface area contributed by atoms with Gasteiger partial charge in [-0.15, -0.1) is 0 Å². The van der Waals surface area contributed by atoms with Crippen LogP contribution in [0, 0.1) is 0 Å². The van der Waals surface area contributed by atoms with Crippen molar-refractivity contribution in [1.29, 1.82) is 0 Å². The van der Waals surface area contributed by atoms with Crippen molar-refractivity contribution >= 4 is 36.0 Å². The molecule has 0 aromatic heterocycles. The maximum absolute atomic E-state index is 13.3. The molecule has 0 atom stereocenters. The molecule has 0 saturated carbocycles. The summed E-state index contributed by atoms with van der Waals surface area (Å²) >= 11 is 0. The van der Waals surface area contributed by atoms with E-state index in [1.54, 1.807) is 13.8 Å². The number of carbonyl (C=O) groups excluding carboxylic acids is 2. The van der Waals surface area contributed by atoms with E-state index in [0.29, 0.717) is 0 Å². The quantitative estimate of drug-likeness (QED) is 0.368. The van der Waals surface area contributed by atoms with Crippen LogP contribution < -0.4 is 21.0 Å². The molecule has 0 aliphatic carbocycles. The molecule has 3 aromatic carbocycles. The van der Waals surface area contributed by atoms with Crippen molar-refractivity contribution < 1.29 is 19.1 Å². The summed E-state index contributed by atoms with van der Waals surface area (Å²) in [5, 5.41) is 2.74. The molecule has 3 rings (SSSR count). The second-order valence-corrected chi connectivity index (χ2v) is 10.3. The van der Waals surface area contributed by atoms with E-state index in [2.05, 4.69) is 5.43 Å². The van der Waals surface area contributed by atoms with Crippen LogP contribution in [-0.2, 0) is 9.47 Å². The van der Waals surface area contributed by atoms with E-state index < -0.39 is 20.4 Å². The Kier molecular flexibility index (Phi) is 7.45. The van der Waals surface area contributed by atoms with Gasteiger partial charge in [0.15, 0.2) is 0 Å². The maximum Gasteiger partial charge on any atom is 0.425 e. The van der Waals surface area contributed by atoms with Crippen molar-refractivity contribution in [1.82, 2.24) is 10.1 Å². The third-order valence-corrected chi connectivity index (χ3v) is 9.31. The molecule has 3 aromatic rings. The number of benzene rings is 3. The summed E-state index contributed by atoms with van der Waals surface area (Å²) in [7, 11) is -3.30. The first-order chi connectivity index (χ1) is 15.1. The Bertz CT molecular complexity index is 888. The molecular weight excluding hydrogens is 408 g/mol. The summed E-state index contributed by atoms with van der Waals surface area (Å²) in [6.07, 6.45) is -1.35. The Hall–Kier alpha value is -3.58. The van der Waals surface area contributed by atoms with Gasteiger partial charge in [0.25, 0.3) is 8.24 Å². The lowest BCUT2D eigenvalue weighted by atomic mass is 10.3. The summed E-state index contributed by atoms with van der Waals surface area (Å²) in [6, 6.07) is 29.2. The molecule has 0 bridgehead atoms. The van der Waals surface area contributed by atoms with E-state index >= 15 is 0 Å². The van der Waals surface area contributed by atoms with Gasteiger partial charge in [-0.2, -0.15) is 0 Å². The number of hydrogen-bond acceptors (Lipinski definition) is 4. The average Bonchev–Trinajstić information content (AvgIpc) is 2.81. The number of carbonyl (C=O) groups is 2. The molecule has 1 N–H and O–H groups in total. The van der Waals surface area contributed by atoms with Gasteiger partial charge < -0.3 is 9.47 Å². The van der Waals surface area contributed by atoms with Crippen molar-refractivity contribution in [2.45, 2.75) is 13.8 Å². The molecule has 2 amide bonds. The number of ether oxygens (including phenoxy) is 2. The van der Waals surface area contributed by atoms with Crippen molar-refractivity contribution in [2.75, 3.05) is 13.2 Å². The summed E-state index contributed by atoms with van der Waals surface area (Å²) < 4.78 is 11.9. The minimum atomic E-state index is -3.30. The van der Waals surface area contributed by atoms with Crippen molar-refractivity contribution in [2.24, 2.45) is 0 Å². The zero-order valence-electron chi connectivity index (χ0n) is 17.7. The van der Waals surface area contributed by atoms with Gasteiger partial charge >= 0.3 is 12.2 Å². The van der Waals surface area contributed by atoms with Crippen molar-refractivity contribution in [3.8, 4) is 0 Å². The highest BCUT2D eigenvalue weighted by Gasteiger charge is 2.50. The summed E-state index contributed by atoms with van der Waals surface area (Å²) in [4.78, 5) is 25.9. The molecule has 0 spiro atoms. The number of hydrazine groups is 1. The SMILES string of the molecule is CCOC(=O)NN(C(=O)OCC)[Si](c1ccccc1)(c1ccccc1)c1ccccc1. The van der Waals surface area contributed by atoms with Crippen LogP contribution in [0.2, 0.25) is 0 Å². The van der Waals surface area contributed by atoms with Crippen molar-refractivity contribution in [3.05, 3.63) is 91.0 Å². The highest BCUT2D eigenvalue weighted by Crippen LogP contribution is 2.14. The fraction of sp³-hybridized carbons (Fsp3) is 0.167. The van der Waals surface area contributed by atoms with E-state index in [1.165, 1.54) is 4.67 Å². The average molecular weight is 435 g/mol. The summed E-state index contributed by atoms with van der Waals surface area (Å²) in [6.45, 7) is 3.80. The van der Waals surface area contributed by atoms with Crippen LogP contribution in [-0.4, -0.2) is 38.3 Å². The van der Waals surface area contributed by atoms with Gasteiger partial charge in [-0.1, -0.05) is 91.0 Å². The lowest BCUT2D eigenvalue weighted by molar-refractivity contribution is 0.101. The number of hydrogen-bond donors (Lipinski definition) is 1. The van der Waals surface area contributed by atoms with Gasteiger partial charge in [0.05, 0.1) is 13.2 Å². The van der Waals surface area contributed by atoms with Gasteiger partial charge in [-0.25, -0.2) is 19.7 Å². The fourth-order valence-corrected chi connectivity index (χ4v) is 8.03. The Balaban J connectivity index is 2.35. The van der Waals surface area contributed by atoms with E-state index in [0.717, 1.165) is 15.6 Å². The van der Waals surface area contributed by atoms with Gasteiger partial charge in [-0.05, 0) is 29.4 Å². The van der Waals surface area contributed by atoms with Gasteiger partial charge in [-0.3, -0.25) is 0 Å². The van der Waals surface area contributed by atoms with Crippen LogP contribution in [0.25, 0.3) is 0 Å². The highest BCUT2D eigenvalue weighted by molar-refractivity contribution is 7.10.